The highest BCUT2D eigenvalue weighted by molar-refractivity contribution is 5.22. The molecule has 1 N–H and O–H groups in total. The van der Waals surface area contributed by atoms with Gasteiger partial charge in [-0.2, -0.15) is 0 Å². The number of nitrogens with one attached hydrogen (secondary N) is 1. The van der Waals surface area contributed by atoms with Crippen LogP contribution in [0.5, 0.6) is 0 Å². The first-order valence-electron chi connectivity index (χ1n) is 6.61. The number of rotatable bonds is 2. The Morgan fingerprint density at radius 2 is 1.69 bits per heavy atom. The minimum Gasteiger partial charge on any atom is -0.311 e. The molecule has 1 heteroatoms. The van der Waals surface area contributed by atoms with Gasteiger partial charge in [0.25, 0.3) is 0 Å². The van der Waals surface area contributed by atoms with Gasteiger partial charge in [0, 0.05) is 12.1 Å². The summed E-state index contributed by atoms with van der Waals surface area (Å²) in [6.45, 7) is 2.16. The second-order valence-corrected chi connectivity index (χ2v) is 5.67. The highest BCUT2D eigenvalue weighted by Crippen LogP contribution is 2.32. The zero-order chi connectivity index (χ0) is 11.0. The molecule has 0 saturated carbocycles. The topological polar surface area (TPSA) is 12.0 Å². The third-order valence-electron chi connectivity index (χ3n) is 4.22. The number of fused-ring (bicyclic) bond motifs is 2. The van der Waals surface area contributed by atoms with Crippen LogP contribution in [0.25, 0.3) is 0 Å². The first-order valence-corrected chi connectivity index (χ1v) is 6.61. The van der Waals surface area contributed by atoms with Crippen molar-refractivity contribution in [2.24, 2.45) is 5.92 Å². The summed E-state index contributed by atoms with van der Waals surface area (Å²) in [5, 5.41) is 3.72. The van der Waals surface area contributed by atoms with Gasteiger partial charge in [0.15, 0.2) is 0 Å². The Balaban J connectivity index is 1.64. The molecule has 2 aliphatic rings. The molecule has 2 bridgehead atoms. The SMILES string of the molecule is Cc1ccc(CC2CC3CCC(C2)N3)cc1. The van der Waals surface area contributed by atoms with Crippen LogP contribution in [0.4, 0.5) is 0 Å². The van der Waals surface area contributed by atoms with E-state index in [1.165, 1.54) is 43.2 Å². The zero-order valence-electron chi connectivity index (χ0n) is 10.1. The fourth-order valence-electron chi connectivity index (χ4n) is 3.40. The maximum atomic E-state index is 3.72. The van der Waals surface area contributed by atoms with E-state index < -0.39 is 0 Å². The van der Waals surface area contributed by atoms with Crippen molar-refractivity contribution in [1.29, 1.82) is 0 Å². The lowest BCUT2D eigenvalue weighted by molar-refractivity contribution is 0.298. The molecule has 1 aromatic carbocycles. The van der Waals surface area contributed by atoms with Gasteiger partial charge in [-0.1, -0.05) is 29.8 Å². The molecule has 2 heterocycles. The van der Waals surface area contributed by atoms with E-state index in [0.29, 0.717) is 0 Å². The van der Waals surface area contributed by atoms with Crippen molar-refractivity contribution in [3.05, 3.63) is 35.4 Å². The Morgan fingerprint density at radius 1 is 1.06 bits per heavy atom. The normalized spacial score (nSPS) is 32.9. The van der Waals surface area contributed by atoms with Crippen LogP contribution in [0.3, 0.4) is 0 Å². The first-order chi connectivity index (χ1) is 7.79. The van der Waals surface area contributed by atoms with Crippen LogP contribution in [0.2, 0.25) is 0 Å². The molecule has 0 spiro atoms. The molecule has 2 fully saturated rings. The zero-order valence-corrected chi connectivity index (χ0v) is 10.1. The molecule has 2 saturated heterocycles. The van der Waals surface area contributed by atoms with E-state index >= 15 is 0 Å². The summed E-state index contributed by atoms with van der Waals surface area (Å²) in [4.78, 5) is 0. The van der Waals surface area contributed by atoms with E-state index in [0.717, 1.165) is 18.0 Å². The summed E-state index contributed by atoms with van der Waals surface area (Å²) in [6.07, 6.45) is 6.90. The van der Waals surface area contributed by atoms with Crippen molar-refractivity contribution in [2.75, 3.05) is 0 Å². The van der Waals surface area contributed by atoms with Crippen molar-refractivity contribution in [2.45, 2.75) is 51.1 Å². The van der Waals surface area contributed by atoms with E-state index in [2.05, 4.69) is 36.5 Å². The van der Waals surface area contributed by atoms with Crippen LogP contribution in [-0.2, 0) is 6.42 Å². The second kappa shape index (κ2) is 4.21. The molecule has 1 nitrogen and oxygen atoms in total. The van der Waals surface area contributed by atoms with Gasteiger partial charge in [-0.05, 0) is 50.5 Å². The molecule has 0 aromatic heterocycles. The van der Waals surface area contributed by atoms with Crippen molar-refractivity contribution in [3.8, 4) is 0 Å². The van der Waals surface area contributed by atoms with Gasteiger partial charge >= 0.3 is 0 Å². The third kappa shape index (κ3) is 2.15. The summed E-state index contributed by atoms with van der Waals surface area (Å²) in [7, 11) is 0. The molecular formula is C15H21N. The van der Waals surface area contributed by atoms with Crippen LogP contribution in [0, 0.1) is 12.8 Å². The van der Waals surface area contributed by atoms with Gasteiger partial charge in [0.1, 0.15) is 0 Å². The van der Waals surface area contributed by atoms with Gasteiger partial charge < -0.3 is 5.32 Å². The lowest BCUT2D eigenvalue weighted by atomic mass is 9.87. The van der Waals surface area contributed by atoms with E-state index in [4.69, 9.17) is 0 Å². The molecule has 0 amide bonds. The number of benzene rings is 1. The van der Waals surface area contributed by atoms with Crippen LogP contribution < -0.4 is 5.32 Å². The number of piperidine rings is 1. The minimum absolute atomic E-state index is 0.828. The van der Waals surface area contributed by atoms with E-state index in [1.807, 2.05) is 0 Å². The average molecular weight is 215 g/mol. The van der Waals surface area contributed by atoms with Crippen molar-refractivity contribution in [3.63, 3.8) is 0 Å². The van der Waals surface area contributed by atoms with Gasteiger partial charge in [-0.15, -0.1) is 0 Å². The number of hydrogen-bond acceptors (Lipinski definition) is 1. The van der Waals surface area contributed by atoms with Gasteiger partial charge in [0.05, 0.1) is 0 Å². The van der Waals surface area contributed by atoms with Gasteiger partial charge in [-0.3, -0.25) is 0 Å². The quantitative estimate of drug-likeness (QED) is 0.799. The first kappa shape index (κ1) is 10.3. The van der Waals surface area contributed by atoms with E-state index in [-0.39, 0.29) is 0 Å². The Bertz CT molecular complexity index is 342. The molecule has 2 aliphatic heterocycles. The summed E-state index contributed by atoms with van der Waals surface area (Å²) in [5.41, 5.74) is 2.89. The van der Waals surface area contributed by atoms with Crippen LogP contribution in [0.15, 0.2) is 24.3 Å². The van der Waals surface area contributed by atoms with E-state index in [1.54, 1.807) is 0 Å². The molecular weight excluding hydrogens is 194 g/mol. The standard InChI is InChI=1S/C15H21N/c1-11-2-4-12(5-3-11)8-13-9-14-6-7-15(10-13)16-14/h2-5,13-16H,6-10H2,1H3. The fraction of sp³-hybridized carbons (Fsp3) is 0.600. The fourth-order valence-corrected chi connectivity index (χ4v) is 3.40. The monoisotopic (exact) mass is 215 g/mol. The Kier molecular flexibility index (Phi) is 2.72. The van der Waals surface area contributed by atoms with Gasteiger partial charge in [-0.25, -0.2) is 0 Å². The lowest BCUT2D eigenvalue weighted by Gasteiger charge is -2.29. The molecule has 0 radical (unpaired) electrons. The number of aryl methyl sites for hydroxylation is 1. The smallest absolute Gasteiger partial charge is 0.00729 e. The predicted molar refractivity (Wildman–Crippen MR) is 67.6 cm³/mol. The molecule has 3 rings (SSSR count). The average Bonchev–Trinajstić information content (AvgIpc) is 2.62. The summed E-state index contributed by atoms with van der Waals surface area (Å²) in [5.74, 6) is 0.918. The molecule has 0 aliphatic carbocycles. The van der Waals surface area contributed by atoms with Crippen molar-refractivity contribution >= 4 is 0 Å². The molecule has 86 valence electrons. The second-order valence-electron chi connectivity index (χ2n) is 5.67. The lowest BCUT2D eigenvalue weighted by Crippen LogP contribution is -2.38. The molecule has 2 atom stereocenters. The van der Waals surface area contributed by atoms with Crippen LogP contribution >= 0.6 is 0 Å². The maximum absolute atomic E-state index is 3.72. The summed E-state index contributed by atoms with van der Waals surface area (Å²) in [6, 6.07) is 10.7. The maximum Gasteiger partial charge on any atom is 0.00729 e. The summed E-state index contributed by atoms with van der Waals surface area (Å²) < 4.78 is 0. The van der Waals surface area contributed by atoms with Crippen molar-refractivity contribution < 1.29 is 0 Å². The largest absolute Gasteiger partial charge is 0.311 e. The Hall–Kier alpha value is -0.820. The molecule has 2 unspecified atom stereocenters. The van der Waals surface area contributed by atoms with Gasteiger partial charge in [0.2, 0.25) is 0 Å². The predicted octanol–water partition coefficient (Wildman–Crippen LogP) is 3.07. The Labute approximate surface area is 98.3 Å². The van der Waals surface area contributed by atoms with Crippen LogP contribution in [-0.4, -0.2) is 12.1 Å². The molecule has 16 heavy (non-hydrogen) atoms. The summed E-state index contributed by atoms with van der Waals surface area (Å²) >= 11 is 0. The minimum atomic E-state index is 0.828. The van der Waals surface area contributed by atoms with Crippen LogP contribution in [0.1, 0.15) is 36.8 Å². The highest BCUT2D eigenvalue weighted by atomic mass is 15.0. The van der Waals surface area contributed by atoms with E-state index in [9.17, 15) is 0 Å². The molecule has 1 aromatic rings. The third-order valence-corrected chi connectivity index (χ3v) is 4.22. The number of hydrogen-bond donors (Lipinski definition) is 1. The Morgan fingerprint density at radius 3 is 2.31 bits per heavy atom. The highest BCUT2D eigenvalue weighted by Gasteiger charge is 2.33. The van der Waals surface area contributed by atoms with Crippen molar-refractivity contribution in [1.82, 2.24) is 5.32 Å².